The zero-order chi connectivity index (χ0) is 11.4. The third-order valence-corrected chi connectivity index (χ3v) is 2.12. The number of benzene rings is 1. The molecular weight excluding hydrogens is 266 g/mol. The summed E-state index contributed by atoms with van der Waals surface area (Å²) in [6, 6.07) is 3.12. The Morgan fingerprint density at radius 3 is 2.80 bits per heavy atom. The van der Waals surface area contributed by atoms with Gasteiger partial charge in [-0.25, -0.2) is 0 Å². The summed E-state index contributed by atoms with van der Waals surface area (Å²) in [5, 5.41) is 19.7. The monoisotopic (exact) mass is 273 g/mol. The first kappa shape index (κ1) is 11.5. The maximum Gasteiger partial charge on any atom is 0.235 e. The quantitative estimate of drug-likeness (QED) is 0.678. The van der Waals surface area contributed by atoms with Crippen molar-refractivity contribution in [1.29, 1.82) is 0 Å². The summed E-state index contributed by atoms with van der Waals surface area (Å²) in [5.74, 6) is 0.131. The molecule has 6 heteroatoms. The Kier molecular flexibility index (Phi) is 3.68. The van der Waals surface area contributed by atoms with Gasteiger partial charge in [-0.2, -0.15) is 0 Å². The predicted octanol–water partition coefficient (Wildman–Crippen LogP) is 2.41. The number of hydrogen-bond donors (Lipinski definition) is 1. The van der Waals surface area contributed by atoms with Crippen LogP contribution in [0.15, 0.2) is 22.8 Å². The smallest absolute Gasteiger partial charge is 0.235 e. The Hall–Kier alpha value is -1.56. The van der Waals surface area contributed by atoms with Crippen LogP contribution in [0.25, 0.3) is 6.08 Å². The molecule has 0 aliphatic rings. The average Bonchev–Trinajstić information content (AvgIpc) is 2.18. The Morgan fingerprint density at radius 2 is 2.27 bits per heavy atom. The minimum absolute atomic E-state index is 0.126. The van der Waals surface area contributed by atoms with Crippen molar-refractivity contribution in [3.8, 4) is 11.5 Å². The number of methoxy groups -OCH3 is 1. The second kappa shape index (κ2) is 4.79. The summed E-state index contributed by atoms with van der Waals surface area (Å²) in [7, 11) is 1.41. The molecule has 0 heterocycles. The van der Waals surface area contributed by atoms with E-state index in [0.717, 1.165) is 6.20 Å². The van der Waals surface area contributed by atoms with Crippen LogP contribution in [0.3, 0.4) is 0 Å². The molecule has 1 aromatic rings. The molecule has 0 fully saturated rings. The summed E-state index contributed by atoms with van der Waals surface area (Å²) in [6.45, 7) is 0. The van der Waals surface area contributed by atoms with Gasteiger partial charge in [0, 0.05) is 16.1 Å². The van der Waals surface area contributed by atoms with Crippen LogP contribution in [0.1, 0.15) is 5.56 Å². The molecule has 1 aromatic carbocycles. The molecule has 1 rings (SSSR count). The van der Waals surface area contributed by atoms with Crippen molar-refractivity contribution < 1.29 is 14.8 Å². The second-order valence-corrected chi connectivity index (χ2v) is 3.56. The molecular formula is C9H8BrNO4. The fourth-order valence-corrected chi connectivity index (χ4v) is 1.47. The number of phenols is 1. The lowest BCUT2D eigenvalue weighted by Crippen LogP contribution is -1.87. The van der Waals surface area contributed by atoms with Crippen molar-refractivity contribution in [1.82, 2.24) is 0 Å². The van der Waals surface area contributed by atoms with Gasteiger partial charge in [-0.15, -0.1) is 0 Å². The highest BCUT2D eigenvalue weighted by Crippen LogP contribution is 2.34. The molecule has 0 atom stereocenters. The molecule has 0 aliphatic carbocycles. The first-order chi connectivity index (χ1) is 7.04. The third kappa shape index (κ3) is 2.95. The predicted molar refractivity (Wildman–Crippen MR) is 58.4 cm³/mol. The fraction of sp³-hybridized carbons (Fsp3) is 0.111. The van der Waals surface area contributed by atoms with Crippen LogP contribution in [0.5, 0.6) is 11.5 Å². The van der Waals surface area contributed by atoms with Gasteiger partial charge in [0.25, 0.3) is 0 Å². The van der Waals surface area contributed by atoms with Gasteiger partial charge in [0.15, 0.2) is 11.5 Å². The van der Waals surface area contributed by atoms with E-state index in [0.29, 0.717) is 10.0 Å². The average molecular weight is 274 g/mol. The van der Waals surface area contributed by atoms with Gasteiger partial charge in [0.2, 0.25) is 6.20 Å². The van der Waals surface area contributed by atoms with Crippen molar-refractivity contribution in [3.05, 3.63) is 38.5 Å². The number of ether oxygens (including phenoxy) is 1. The number of aromatic hydroxyl groups is 1. The lowest BCUT2D eigenvalue weighted by molar-refractivity contribution is -0.400. The van der Waals surface area contributed by atoms with E-state index in [9.17, 15) is 15.2 Å². The highest BCUT2D eigenvalue weighted by Gasteiger charge is 2.08. The molecule has 0 bridgehead atoms. The zero-order valence-corrected chi connectivity index (χ0v) is 9.39. The van der Waals surface area contributed by atoms with Crippen LogP contribution in [-0.2, 0) is 0 Å². The van der Waals surface area contributed by atoms with Crippen molar-refractivity contribution in [2.24, 2.45) is 0 Å². The van der Waals surface area contributed by atoms with Crippen LogP contribution in [0.2, 0.25) is 0 Å². The van der Waals surface area contributed by atoms with Gasteiger partial charge < -0.3 is 9.84 Å². The molecule has 0 unspecified atom stereocenters. The first-order valence-electron chi connectivity index (χ1n) is 3.93. The highest BCUT2D eigenvalue weighted by molar-refractivity contribution is 9.10. The fourth-order valence-electron chi connectivity index (χ4n) is 1.02. The number of nitro groups is 1. The molecule has 1 N–H and O–H groups in total. The molecule has 0 saturated carbocycles. The van der Waals surface area contributed by atoms with Crippen molar-refractivity contribution in [2.75, 3.05) is 7.11 Å². The topological polar surface area (TPSA) is 72.6 Å². The molecule has 0 amide bonds. The normalized spacial score (nSPS) is 10.5. The Morgan fingerprint density at radius 1 is 1.60 bits per heavy atom. The minimum atomic E-state index is -0.604. The van der Waals surface area contributed by atoms with E-state index in [-0.39, 0.29) is 11.5 Å². The highest BCUT2D eigenvalue weighted by atomic mass is 79.9. The van der Waals surface area contributed by atoms with Gasteiger partial charge in [0.05, 0.1) is 12.0 Å². The summed E-state index contributed by atoms with van der Waals surface area (Å²) in [6.07, 6.45) is 1.95. The molecule has 0 saturated heterocycles. The molecule has 0 aromatic heterocycles. The van der Waals surface area contributed by atoms with Gasteiger partial charge in [-0.1, -0.05) is 15.9 Å². The number of rotatable bonds is 3. The van der Waals surface area contributed by atoms with E-state index in [2.05, 4.69) is 15.9 Å². The Bertz CT molecular complexity index is 417. The van der Waals surface area contributed by atoms with E-state index >= 15 is 0 Å². The van der Waals surface area contributed by atoms with E-state index < -0.39 is 4.92 Å². The van der Waals surface area contributed by atoms with Gasteiger partial charge in [0.1, 0.15) is 0 Å². The van der Waals surface area contributed by atoms with Crippen molar-refractivity contribution in [2.45, 2.75) is 0 Å². The third-order valence-electron chi connectivity index (χ3n) is 1.66. The lowest BCUT2D eigenvalue weighted by Gasteiger charge is -2.06. The van der Waals surface area contributed by atoms with Crippen LogP contribution in [-0.4, -0.2) is 17.1 Å². The van der Waals surface area contributed by atoms with E-state index in [4.69, 9.17) is 4.74 Å². The second-order valence-electron chi connectivity index (χ2n) is 2.65. The number of nitrogens with zero attached hydrogens (tertiary/aromatic N) is 1. The van der Waals surface area contributed by atoms with E-state index in [1.54, 1.807) is 12.1 Å². The summed E-state index contributed by atoms with van der Waals surface area (Å²) in [4.78, 5) is 9.51. The molecule has 15 heavy (non-hydrogen) atoms. The van der Waals surface area contributed by atoms with E-state index in [1.807, 2.05) is 0 Å². The van der Waals surface area contributed by atoms with Crippen LogP contribution < -0.4 is 4.74 Å². The van der Waals surface area contributed by atoms with Crippen LogP contribution in [0, 0.1) is 10.1 Å². The molecule has 5 nitrogen and oxygen atoms in total. The maximum absolute atomic E-state index is 10.1. The zero-order valence-electron chi connectivity index (χ0n) is 7.81. The Labute approximate surface area is 94.3 Å². The number of halogens is 1. The minimum Gasteiger partial charge on any atom is -0.504 e. The molecule has 80 valence electrons. The SMILES string of the molecule is COc1cc(Br)cc(C=C[N+](=O)[O-])c1O. The number of phenolic OH excluding ortho intramolecular Hbond substituents is 1. The van der Waals surface area contributed by atoms with Gasteiger partial charge >= 0.3 is 0 Å². The van der Waals surface area contributed by atoms with E-state index in [1.165, 1.54) is 13.2 Å². The van der Waals surface area contributed by atoms with Gasteiger partial charge in [-0.05, 0) is 12.1 Å². The molecule has 0 radical (unpaired) electrons. The first-order valence-corrected chi connectivity index (χ1v) is 4.72. The van der Waals surface area contributed by atoms with Gasteiger partial charge in [-0.3, -0.25) is 10.1 Å². The lowest BCUT2D eigenvalue weighted by atomic mass is 10.2. The number of hydrogen-bond acceptors (Lipinski definition) is 4. The van der Waals surface area contributed by atoms with Crippen LogP contribution >= 0.6 is 15.9 Å². The standard InChI is InChI=1S/C9H8BrNO4/c1-15-8-5-7(10)4-6(9(8)12)2-3-11(13)14/h2-5,12H,1H3. The summed E-state index contributed by atoms with van der Waals surface area (Å²) >= 11 is 3.20. The van der Waals surface area contributed by atoms with Crippen molar-refractivity contribution in [3.63, 3.8) is 0 Å². The van der Waals surface area contributed by atoms with Crippen LogP contribution in [0.4, 0.5) is 0 Å². The largest absolute Gasteiger partial charge is 0.504 e. The summed E-state index contributed by atoms with van der Waals surface area (Å²) < 4.78 is 5.56. The Balaban J connectivity index is 3.17. The maximum atomic E-state index is 10.1. The summed E-state index contributed by atoms with van der Waals surface area (Å²) in [5.41, 5.74) is 0.318. The molecule has 0 aliphatic heterocycles. The van der Waals surface area contributed by atoms with Crippen molar-refractivity contribution >= 4 is 22.0 Å². The molecule has 0 spiro atoms.